The molecule has 2 aliphatic rings. The van der Waals surface area contributed by atoms with Crippen LogP contribution in [0, 0.1) is 6.92 Å². The summed E-state index contributed by atoms with van der Waals surface area (Å²) in [6, 6.07) is 11.3. The first kappa shape index (κ1) is 19.5. The average Bonchev–Trinajstić information content (AvgIpc) is 2.69. The van der Waals surface area contributed by atoms with Gasteiger partial charge in [0, 0.05) is 30.2 Å². The molecule has 0 saturated carbocycles. The van der Waals surface area contributed by atoms with Crippen molar-refractivity contribution in [1.82, 2.24) is 9.21 Å². The molecule has 1 unspecified atom stereocenters. The van der Waals surface area contributed by atoms with Crippen LogP contribution in [-0.4, -0.2) is 59.1 Å². The lowest BCUT2D eigenvalue weighted by Gasteiger charge is -2.32. The number of carbonyl (C=O) groups excluding carboxylic acids is 1. The molecule has 1 saturated heterocycles. The Labute approximate surface area is 172 Å². The summed E-state index contributed by atoms with van der Waals surface area (Å²) >= 11 is 4.81. The predicted octanol–water partition coefficient (Wildman–Crippen LogP) is 3.09. The molecule has 0 radical (unpaired) electrons. The Morgan fingerprint density at radius 1 is 1.14 bits per heavy atom. The maximum atomic E-state index is 13.0. The second-order valence-corrected chi connectivity index (χ2v) is 8.51. The van der Waals surface area contributed by atoms with Crippen molar-refractivity contribution in [2.75, 3.05) is 44.1 Å². The van der Waals surface area contributed by atoms with Crippen LogP contribution in [0.5, 0.6) is 0 Å². The Hall–Kier alpha value is -1.77. The summed E-state index contributed by atoms with van der Waals surface area (Å²) in [7, 11) is 0. The van der Waals surface area contributed by atoms with Crippen molar-refractivity contribution < 1.29 is 14.1 Å². The third-order valence-corrected chi connectivity index (χ3v) is 6.49. The SMILES string of the molecule is Cc1ccc(-c2ccc3c(c2)C(=O)N(CCN2CCOCC2)[S+]([O-])N3)c(Cl)c1. The molecule has 0 bridgehead atoms. The molecule has 4 rings (SSSR count). The normalized spacial score (nSPS) is 20.0. The van der Waals surface area contributed by atoms with Crippen molar-refractivity contribution in [2.24, 2.45) is 0 Å². The monoisotopic (exact) mass is 419 g/mol. The molecule has 6 nitrogen and oxygen atoms in total. The van der Waals surface area contributed by atoms with Gasteiger partial charge in [-0.05, 0) is 36.2 Å². The van der Waals surface area contributed by atoms with Crippen LogP contribution in [0.1, 0.15) is 15.9 Å². The van der Waals surface area contributed by atoms with E-state index in [1.165, 1.54) is 4.31 Å². The van der Waals surface area contributed by atoms with Gasteiger partial charge in [-0.25, -0.2) is 0 Å². The maximum Gasteiger partial charge on any atom is 0.299 e. The predicted molar refractivity (Wildman–Crippen MR) is 112 cm³/mol. The highest BCUT2D eigenvalue weighted by molar-refractivity contribution is 7.91. The van der Waals surface area contributed by atoms with E-state index in [1.54, 1.807) is 6.07 Å². The fourth-order valence-corrected chi connectivity index (χ4v) is 4.75. The number of aryl methyl sites for hydroxylation is 1. The van der Waals surface area contributed by atoms with Gasteiger partial charge in [-0.3, -0.25) is 9.69 Å². The van der Waals surface area contributed by atoms with Crippen LogP contribution in [0.4, 0.5) is 5.69 Å². The van der Waals surface area contributed by atoms with Gasteiger partial charge >= 0.3 is 0 Å². The molecule has 2 aromatic carbocycles. The van der Waals surface area contributed by atoms with Crippen molar-refractivity contribution in [3.8, 4) is 11.1 Å². The molecule has 0 aromatic heterocycles. The number of anilines is 1. The summed E-state index contributed by atoms with van der Waals surface area (Å²) in [6.07, 6.45) is 0. The first-order chi connectivity index (χ1) is 13.5. The first-order valence-electron chi connectivity index (χ1n) is 9.24. The van der Waals surface area contributed by atoms with Gasteiger partial charge in [0.2, 0.25) is 0 Å². The molecule has 1 N–H and O–H groups in total. The van der Waals surface area contributed by atoms with Crippen LogP contribution in [0.3, 0.4) is 0 Å². The summed E-state index contributed by atoms with van der Waals surface area (Å²) in [5, 5.41) is 0.643. The molecular weight excluding hydrogens is 398 g/mol. The summed E-state index contributed by atoms with van der Waals surface area (Å²) in [4.78, 5) is 15.3. The lowest BCUT2D eigenvalue weighted by atomic mass is 10.0. The second kappa shape index (κ2) is 8.31. The molecule has 8 heteroatoms. The minimum Gasteiger partial charge on any atom is -0.568 e. The number of hydrogen-bond acceptors (Lipinski definition) is 5. The Kier molecular flexibility index (Phi) is 5.80. The number of nitrogens with one attached hydrogen (secondary N) is 1. The number of amides is 1. The molecule has 1 amide bonds. The Balaban J connectivity index is 1.56. The molecule has 2 aromatic rings. The highest BCUT2D eigenvalue weighted by atomic mass is 35.5. The number of ether oxygens (including phenoxy) is 1. The number of carbonyl (C=O) groups is 1. The Morgan fingerprint density at radius 2 is 1.93 bits per heavy atom. The van der Waals surface area contributed by atoms with Gasteiger partial charge in [-0.2, -0.15) is 4.72 Å². The highest BCUT2D eigenvalue weighted by Gasteiger charge is 2.36. The molecule has 28 heavy (non-hydrogen) atoms. The third-order valence-electron chi connectivity index (χ3n) is 5.03. The number of nitrogens with zero attached hydrogens (tertiary/aromatic N) is 2. The van der Waals surface area contributed by atoms with Crippen LogP contribution in [0.15, 0.2) is 36.4 Å². The van der Waals surface area contributed by atoms with Gasteiger partial charge < -0.3 is 9.29 Å². The first-order valence-corrected chi connectivity index (χ1v) is 10.7. The van der Waals surface area contributed by atoms with Crippen LogP contribution in [-0.2, 0) is 16.3 Å². The zero-order chi connectivity index (χ0) is 19.7. The lowest BCUT2D eigenvalue weighted by molar-refractivity contribution is 0.0359. The van der Waals surface area contributed by atoms with E-state index >= 15 is 0 Å². The second-order valence-electron chi connectivity index (χ2n) is 6.96. The molecular formula is C20H22ClN3O3S. The summed E-state index contributed by atoms with van der Waals surface area (Å²) < 4.78 is 22.2. The zero-order valence-corrected chi connectivity index (χ0v) is 17.2. The number of hydrogen-bond donors (Lipinski definition) is 1. The van der Waals surface area contributed by atoms with E-state index < -0.39 is 11.5 Å². The third kappa shape index (κ3) is 3.99. The average molecular weight is 420 g/mol. The van der Waals surface area contributed by atoms with Gasteiger partial charge in [-0.15, -0.1) is 4.31 Å². The number of fused-ring (bicyclic) bond motifs is 1. The van der Waals surface area contributed by atoms with Crippen molar-refractivity contribution in [3.05, 3.63) is 52.5 Å². The maximum absolute atomic E-state index is 13.0. The minimum absolute atomic E-state index is 0.231. The van der Waals surface area contributed by atoms with Gasteiger partial charge in [0.15, 0.2) is 11.5 Å². The molecule has 0 spiro atoms. The van der Waals surface area contributed by atoms with Crippen LogP contribution in [0.25, 0.3) is 11.1 Å². The molecule has 1 fully saturated rings. The molecule has 148 valence electrons. The van der Waals surface area contributed by atoms with Gasteiger partial charge in [0.1, 0.15) is 0 Å². The van der Waals surface area contributed by atoms with Crippen molar-refractivity contribution in [1.29, 1.82) is 0 Å². The van der Waals surface area contributed by atoms with E-state index in [2.05, 4.69) is 9.62 Å². The van der Waals surface area contributed by atoms with Crippen LogP contribution >= 0.6 is 11.6 Å². The molecule has 1 atom stereocenters. The van der Waals surface area contributed by atoms with Crippen LogP contribution < -0.4 is 4.72 Å². The summed E-state index contributed by atoms with van der Waals surface area (Å²) in [5.74, 6) is -0.231. The highest BCUT2D eigenvalue weighted by Crippen LogP contribution is 2.34. The molecule has 0 aliphatic carbocycles. The number of morpholine rings is 1. The van der Waals surface area contributed by atoms with E-state index in [1.807, 2.05) is 37.3 Å². The Bertz CT molecular complexity index is 889. The van der Waals surface area contributed by atoms with Crippen LogP contribution in [0.2, 0.25) is 5.02 Å². The van der Waals surface area contributed by atoms with E-state index in [-0.39, 0.29) is 5.91 Å². The van der Waals surface area contributed by atoms with Gasteiger partial charge in [-0.1, -0.05) is 29.8 Å². The molecule has 2 heterocycles. The van der Waals surface area contributed by atoms with Gasteiger partial charge in [0.25, 0.3) is 5.91 Å². The van der Waals surface area contributed by atoms with Crippen molar-refractivity contribution in [2.45, 2.75) is 6.92 Å². The van der Waals surface area contributed by atoms with E-state index in [4.69, 9.17) is 16.3 Å². The quantitative estimate of drug-likeness (QED) is 0.771. The lowest BCUT2D eigenvalue weighted by Crippen LogP contribution is -2.49. The van der Waals surface area contributed by atoms with Crippen molar-refractivity contribution in [3.63, 3.8) is 0 Å². The van der Waals surface area contributed by atoms with Crippen molar-refractivity contribution >= 4 is 34.7 Å². The summed E-state index contributed by atoms with van der Waals surface area (Å²) in [6.45, 7) is 6.09. The smallest absolute Gasteiger partial charge is 0.299 e. The fraction of sp³-hybridized carbons (Fsp3) is 0.350. The van der Waals surface area contributed by atoms with E-state index in [9.17, 15) is 9.35 Å². The zero-order valence-electron chi connectivity index (χ0n) is 15.6. The number of rotatable bonds is 4. The van der Waals surface area contributed by atoms with E-state index in [0.717, 1.165) is 29.8 Å². The fourth-order valence-electron chi connectivity index (χ4n) is 3.43. The minimum atomic E-state index is -1.58. The topological polar surface area (TPSA) is 67.9 Å². The standard InChI is InChI=1S/C20H22ClN3O3S/c1-14-2-4-16(18(21)12-14)15-3-5-19-17(13-15)20(25)24(28(26)22-19)7-6-23-8-10-27-11-9-23/h2-5,12-13,22H,6-11H2,1H3. The number of benzene rings is 2. The molecule has 2 aliphatic heterocycles. The largest absolute Gasteiger partial charge is 0.568 e. The number of halogens is 1. The summed E-state index contributed by atoms with van der Waals surface area (Å²) in [5.41, 5.74) is 3.90. The Morgan fingerprint density at radius 3 is 2.68 bits per heavy atom. The van der Waals surface area contributed by atoms with E-state index in [0.29, 0.717) is 42.6 Å². The van der Waals surface area contributed by atoms with Gasteiger partial charge in [0.05, 0.1) is 31.0 Å².